The van der Waals surface area contributed by atoms with Gasteiger partial charge in [-0.3, -0.25) is 9.69 Å². The van der Waals surface area contributed by atoms with E-state index in [4.69, 9.17) is 14.9 Å². The van der Waals surface area contributed by atoms with Gasteiger partial charge in [-0.1, -0.05) is 0 Å². The first-order valence-corrected chi connectivity index (χ1v) is 9.36. The van der Waals surface area contributed by atoms with Crippen LogP contribution in [-0.4, -0.2) is 55.2 Å². The maximum Gasteiger partial charge on any atom is 0.270 e. The van der Waals surface area contributed by atoms with Crippen LogP contribution in [-0.2, 0) is 11.2 Å². The number of rotatable bonds is 7. The molecule has 3 rings (SSSR count). The standard InChI is InChI=1S/C17H24N4O3S/c1-12-2-3-15(24-12)14(21-6-8-23-9-7-21)10-19-17(22)13-11-25-16(20-13)4-5-18/h2-3,11,14H,4-10,18H2,1H3,(H,19,22). The van der Waals surface area contributed by atoms with Gasteiger partial charge in [-0.25, -0.2) is 4.98 Å². The van der Waals surface area contributed by atoms with Gasteiger partial charge in [0.15, 0.2) is 0 Å². The Hall–Kier alpha value is -1.74. The Balaban J connectivity index is 1.66. The van der Waals surface area contributed by atoms with Crippen LogP contribution in [0.4, 0.5) is 0 Å². The van der Waals surface area contributed by atoms with Crippen LogP contribution in [0.3, 0.4) is 0 Å². The van der Waals surface area contributed by atoms with Gasteiger partial charge in [0.25, 0.3) is 5.91 Å². The van der Waals surface area contributed by atoms with Crippen molar-refractivity contribution in [3.8, 4) is 0 Å². The molecule has 136 valence electrons. The molecule has 0 radical (unpaired) electrons. The number of thiazole rings is 1. The molecule has 3 N–H and O–H groups in total. The van der Waals surface area contributed by atoms with Crippen LogP contribution in [0.15, 0.2) is 21.9 Å². The molecule has 1 amide bonds. The van der Waals surface area contributed by atoms with Crippen molar-refractivity contribution < 1.29 is 13.9 Å². The highest BCUT2D eigenvalue weighted by Crippen LogP contribution is 2.23. The first-order chi connectivity index (χ1) is 12.2. The summed E-state index contributed by atoms with van der Waals surface area (Å²) in [6, 6.07) is 3.91. The Bertz CT molecular complexity index is 694. The number of nitrogens with two attached hydrogens (primary N) is 1. The van der Waals surface area contributed by atoms with E-state index in [0.29, 0.717) is 38.4 Å². The van der Waals surface area contributed by atoms with Gasteiger partial charge < -0.3 is 20.2 Å². The summed E-state index contributed by atoms with van der Waals surface area (Å²) in [5.41, 5.74) is 5.98. The van der Waals surface area contributed by atoms with Crippen molar-refractivity contribution in [3.05, 3.63) is 39.7 Å². The monoisotopic (exact) mass is 364 g/mol. The Kier molecular flexibility index (Phi) is 6.19. The Morgan fingerprint density at radius 1 is 1.44 bits per heavy atom. The van der Waals surface area contributed by atoms with E-state index >= 15 is 0 Å². The Morgan fingerprint density at radius 3 is 2.92 bits per heavy atom. The number of morpholine rings is 1. The van der Waals surface area contributed by atoms with Crippen LogP contribution in [0.1, 0.15) is 33.1 Å². The fraction of sp³-hybridized carbons (Fsp3) is 0.529. The van der Waals surface area contributed by atoms with Crippen molar-refractivity contribution in [1.29, 1.82) is 0 Å². The van der Waals surface area contributed by atoms with Crippen molar-refractivity contribution >= 4 is 17.2 Å². The van der Waals surface area contributed by atoms with Crippen LogP contribution in [0.25, 0.3) is 0 Å². The Morgan fingerprint density at radius 2 is 2.24 bits per heavy atom. The number of aryl methyl sites for hydroxylation is 1. The lowest BCUT2D eigenvalue weighted by Gasteiger charge is -2.33. The molecule has 1 unspecified atom stereocenters. The second-order valence-corrected chi connectivity index (χ2v) is 6.93. The molecule has 0 bridgehead atoms. The number of aromatic nitrogens is 1. The van der Waals surface area contributed by atoms with Gasteiger partial charge in [0.2, 0.25) is 0 Å². The molecule has 0 aliphatic carbocycles. The molecule has 1 fully saturated rings. The number of amides is 1. The van der Waals surface area contributed by atoms with Crippen molar-refractivity contribution in [3.63, 3.8) is 0 Å². The van der Waals surface area contributed by atoms with Crippen LogP contribution in [0.5, 0.6) is 0 Å². The van der Waals surface area contributed by atoms with Crippen LogP contribution in [0, 0.1) is 6.92 Å². The average Bonchev–Trinajstić information content (AvgIpc) is 3.26. The molecular formula is C17H24N4O3S. The molecule has 0 spiro atoms. The third-order valence-electron chi connectivity index (χ3n) is 4.17. The molecule has 1 aliphatic heterocycles. The smallest absolute Gasteiger partial charge is 0.270 e. The number of hydrogen-bond acceptors (Lipinski definition) is 7. The number of furan rings is 1. The molecule has 2 aromatic rings. The molecule has 1 aliphatic rings. The molecule has 7 nitrogen and oxygen atoms in total. The summed E-state index contributed by atoms with van der Waals surface area (Å²) < 4.78 is 11.2. The van der Waals surface area contributed by atoms with Crippen molar-refractivity contribution in [2.24, 2.45) is 5.73 Å². The largest absolute Gasteiger partial charge is 0.465 e. The van der Waals surface area contributed by atoms with E-state index in [0.717, 1.165) is 29.6 Å². The van der Waals surface area contributed by atoms with E-state index in [2.05, 4.69) is 15.2 Å². The highest BCUT2D eigenvalue weighted by Gasteiger charge is 2.26. The summed E-state index contributed by atoms with van der Waals surface area (Å²) in [6.45, 7) is 5.94. The molecule has 2 aromatic heterocycles. The minimum Gasteiger partial charge on any atom is -0.465 e. The third-order valence-corrected chi connectivity index (χ3v) is 5.08. The molecular weight excluding hydrogens is 340 g/mol. The third kappa shape index (κ3) is 4.66. The highest BCUT2D eigenvalue weighted by molar-refractivity contribution is 7.09. The first kappa shape index (κ1) is 18.1. The predicted molar refractivity (Wildman–Crippen MR) is 95.8 cm³/mol. The average molecular weight is 364 g/mol. The lowest BCUT2D eigenvalue weighted by molar-refractivity contribution is 0.0117. The maximum absolute atomic E-state index is 12.4. The minimum atomic E-state index is -0.166. The molecule has 1 atom stereocenters. The Labute approximate surface area is 151 Å². The zero-order valence-corrected chi connectivity index (χ0v) is 15.2. The van der Waals surface area contributed by atoms with E-state index in [1.807, 2.05) is 19.1 Å². The SMILES string of the molecule is Cc1ccc(C(CNC(=O)c2csc(CCN)n2)N2CCOCC2)o1. The van der Waals surface area contributed by atoms with Gasteiger partial charge in [-0.15, -0.1) is 11.3 Å². The quantitative estimate of drug-likeness (QED) is 0.770. The number of carbonyl (C=O) groups excluding carboxylic acids is 1. The number of ether oxygens (including phenoxy) is 1. The van der Waals surface area contributed by atoms with Gasteiger partial charge in [0.1, 0.15) is 17.2 Å². The molecule has 8 heteroatoms. The topological polar surface area (TPSA) is 93.6 Å². The summed E-state index contributed by atoms with van der Waals surface area (Å²) in [5.74, 6) is 1.56. The summed E-state index contributed by atoms with van der Waals surface area (Å²) in [5, 5.41) is 5.66. The highest BCUT2D eigenvalue weighted by atomic mass is 32.1. The zero-order chi connectivity index (χ0) is 17.6. The molecule has 25 heavy (non-hydrogen) atoms. The van der Waals surface area contributed by atoms with Gasteiger partial charge in [0.05, 0.1) is 24.3 Å². The normalized spacial score (nSPS) is 16.7. The van der Waals surface area contributed by atoms with Gasteiger partial charge in [-0.2, -0.15) is 0 Å². The van der Waals surface area contributed by atoms with Gasteiger partial charge in [0, 0.05) is 31.4 Å². The second kappa shape index (κ2) is 8.57. The zero-order valence-electron chi connectivity index (χ0n) is 14.4. The molecule has 0 saturated carbocycles. The number of carbonyl (C=O) groups is 1. The fourth-order valence-corrected chi connectivity index (χ4v) is 3.66. The predicted octanol–water partition coefficient (Wildman–Crippen LogP) is 1.35. The summed E-state index contributed by atoms with van der Waals surface area (Å²) in [4.78, 5) is 19.0. The first-order valence-electron chi connectivity index (χ1n) is 8.48. The van der Waals surface area contributed by atoms with Crippen LogP contribution < -0.4 is 11.1 Å². The second-order valence-electron chi connectivity index (χ2n) is 5.99. The van der Waals surface area contributed by atoms with Gasteiger partial charge >= 0.3 is 0 Å². The summed E-state index contributed by atoms with van der Waals surface area (Å²) in [6.07, 6.45) is 0.694. The molecule has 3 heterocycles. The summed E-state index contributed by atoms with van der Waals surface area (Å²) >= 11 is 1.47. The van der Waals surface area contributed by atoms with E-state index in [1.54, 1.807) is 5.38 Å². The lowest BCUT2D eigenvalue weighted by Crippen LogP contribution is -2.43. The maximum atomic E-state index is 12.4. The number of hydrogen-bond donors (Lipinski definition) is 2. The van der Waals surface area contributed by atoms with Crippen molar-refractivity contribution in [2.75, 3.05) is 39.4 Å². The fourth-order valence-electron chi connectivity index (χ4n) is 2.86. The van der Waals surface area contributed by atoms with Crippen LogP contribution in [0.2, 0.25) is 0 Å². The summed E-state index contributed by atoms with van der Waals surface area (Å²) in [7, 11) is 0. The minimum absolute atomic E-state index is 0.0105. The molecule has 1 saturated heterocycles. The molecule has 0 aromatic carbocycles. The van der Waals surface area contributed by atoms with E-state index in [9.17, 15) is 4.79 Å². The van der Waals surface area contributed by atoms with Crippen molar-refractivity contribution in [1.82, 2.24) is 15.2 Å². The van der Waals surface area contributed by atoms with E-state index < -0.39 is 0 Å². The van der Waals surface area contributed by atoms with E-state index in [-0.39, 0.29) is 11.9 Å². The lowest BCUT2D eigenvalue weighted by atomic mass is 10.1. The van der Waals surface area contributed by atoms with Crippen molar-refractivity contribution in [2.45, 2.75) is 19.4 Å². The van der Waals surface area contributed by atoms with Gasteiger partial charge in [-0.05, 0) is 25.6 Å². The number of nitrogens with one attached hydrogen (secondary N) is 1. The van der Waals surface area contributed by atoms with E-state index in [1.165, 1.54) is 11.3 Å². The van der Waals surface area contributed by atoms with Crippen LogP contribution >= 0.6 is 11.3 Å². The number of nitrogens with zero attached hydrogens (tertiary/aromatic N) is 2.